The van der Waals surface area contributed by atoms with Crippen LogP contribution in [0.2, 0.25) is 0 Å². The maximum Gasteiger partial charge on any atom is 0.321 e. The number of carbonyl (C=O) groups is 2. The SMILES string of the molecule is CCC(CC)C1(O)CCN(C(=O)Nc2cc(Oc3ccc(F)cc3)cc(Oc3ccc(C4(C=O)CC4)cc3)c2)CC1. The van der Waals surface area contributed by atoms with Crippen molar-refractivity contribution in [1.82, 2.24) is 4.90 Å². The summed E-state index contributed by atoms with van der Waals surface area (Å²) in [5, 5.41) is 14.1. The predicted octanol–water partition coefficient (Wildman–Crippen LogP) is 7.44. The number of hydrogen-bond acceptors (Lipinski definition) is 5. The summed E-state index contributed by atoms with van der Waals surface area (Å²) < 4.78 is 25.5. The molecule has 0 bridgehead atoms. The summed E-state index contributed by atoms with van der Waals surface area (Å²) in [5.41, 5.74) is 0.334. The van der Waals surface area contributed by atoms with Crippen LogP contribution in [-0.2, 0) is 10.2 Å². The molecule has 2 fully saturated rings. The molecule has 0 radical (unpaired) electrons. The van der Waals surface area contributed by atoms with Crippen LogP contribution in [0.4, 0.5) is 14.9 Å². The minimum atomic E-state index is -0.745. The highest BCUT2D eigenvalue weighted by Crippen LogP contribution is 2.46. The van der Waals surface area contributed by atoms with Gasteiger partial charge in [0.05, 0.1) is 11.0 Å². The molecule has 2 aliphatic rings. The van der Waals surface area contributed by atoms with Crippen molar-refractivity contribution in [1.29, 1.82) is 0 Å². The van der Waals surface area contributed by atoms with Gasteiger partial charge in [-0.2, -0.15) is 0 Å². The number of carbonyl (C=O) groups excluding carboxylic acids is 2. The van der Waals surface area contributed by atoms with Gasteiger partial charge in [-0.05, 0) is 73.6 Å². The minimum Gasteiger partial charge on any atom is -0.457 e. The molecule has 0 spiro atoms. The lowest BCUT2D eigenvalue weighted by atomic mass is 9.77. The first-order valence-electron chi connectivity index (χ1n) is 14.4. The molecule has 0 unspecified atom stereocenters. The first-order valence-corrected chi connectivity index (χ1v) is 14.4. The zero-order valence-electron chi connectivity index (χ0n) is 23.6. The highest BCUT2D eigenvalue weighted by Gasteiger charge is 2.44. The fraction of sp³-hybridized carbons (Fsp3) is 0.394. The van der Waals surface area contributed by atoms with E-state index in [1.54, 1.807) is 23.1 Å². The number of benzene rings is 3. The number of anilines is 1. The molecular formula is C33H37FN2O5. The molecular weight excluding hydrogens is 523 g/mol. The number of ether oxygens (including phenoxy) is 2. The van der Waals surface area contributed by atoms with Crippen LogP contribution in [0.15, 0.2) is 66.7 Å². The van der Waals surface area contributed by atoms with Crippen molar-refractivity contribution in [2.75, 3.05) is 18.4 Å². The van der Waals surface area contributed by atoms with Gasteiger partial charge in [0.2, 0.25) is 0 Å². The molecule has 8 heteroatoms. The van der Waals surface area contributed by atoms with E-state index in [0.29, 0.717) is 54.6 Å². The number of rotatable bonds is 10. The lowest BCUT2D eigenvalue weighted by molar-refractivity contribution is -0.109. The van der Waals surface area contributed by atoms with Crippen molar-refractivity contribution in [3.8, 4) is 23.0 Å². The van der Waals surface area contributed by atoms with E-state index in [1.165, 1.54) is 24.3 Å². The number of nitrogens with zero attached hydrogens (tertiary/aromatic N) is 1. The Hall–Kier alpha value is -3.91. The number of amides is 2. The molecule has 5 rings (SSSR count). The number of aldehydes is 1. The van der Waals surface area contributed by atoms with Crippen LogP contribution in [0, 0.1) is 11.7 Å². The summed E-state index contributed by atoms with van der Waals surface area (Å²) in [6.45, 7) is 5.11. The number of likely N-dealkylation sites (tertiary alicyclic amines) is 1. The molecule has 0 atom stereocenters. The molecule has 1 heterocycles. The summed E-state index contributed by atoms with van der Waals surface area (Å²) in [5.74, 6) is 1.70. The van der Waals surface area contributed by atoms with Crippen molar-refractivity contribution >= 4 is 18.0 Å². The van der Waals surface area contributed by atoms with Crippen LogP contribution in [0.5, 0.6) is 23.0 Å². The van der Waals surface area contributed by atoms with E-state index >= 15 is 0 Å². The smallest absolute Gasteiger partial charge is 0.321 e. The van der Waals surface area contributed by atoms with E-state index in [1.807, 2.05) is 24.3 Å². The zero-order valence-corrected chi connectivity index (χ0v) is 23.6. The highest BCUT2D eigenvalue weighted by atomic mass is 19.1. The number of nitrogens with one attached hydrogen (secondary N) is 1. The van der Waals surface area contributed by atoms with Crippen LogP contribution >= 0.6 is 0 Å². The maximum absolute atomic E-state index is 13.4. The van der Waals surface area contributed by atoms with Crippen LogP contribution in [0.3, 0.4) is 0 Å². The standard InChI is InChI=1S/C33H37FN2O5/c1-3-23(4-2)33(39)15-17-36(18-16-33)31(38)35-26-19-29(21-30(20-26)41-28-11-7-25(34)8-12-28)40-27-9-5-24(6-10-27)32(22-37)13-14-32/h5-12,19-23,39H,3-4,13-18H2,1-2H3,(H,35,38). The van der Waals surface area contributed by atoms with Gasteiger partial charge in [0, 0.05) is 37.0 Å². The van der Waals surface area contributed by atoms with Crippen molar-refractivity contribution in [2.45, 2.75) is 63.4 Å². The second-order valence-electron chi connectivity index (χ2n) is 11.2. The Morgan fingerprint density at radius 1 is 0.902 bits per heavy atom. The van der Waals surface area contributed by atoms with Crippen LogP contribution in [-0.4, -0.2) is 41.0 Å². The molecule has 7 nitrogen and oxygen atoms in total. The van der Waals surface area contributed by atoms with Gasteiger partial charge in [0.25, 0.3) is 0 Å². The van der Waals surface area contributed by atoms with Gasteiger partial charge < -0.3 is 29.6 Å². The zero-order chi connectivity index (χ0) is 29.0. The molecule has 1 saturated carbocycles. The molecule has 2 N–H and O–H groups in total. The summed E-state index contributed by atoms with van der Waals surface area (Å²) in [6.07, 6.45) is 5.62. The highest BCUT2D eigenvalue weighted by molar-refractivity contribution is 5.90. The van der Waals surface area contributed by atoms with E-state index in [0.717, 1.165) is 37.5 Å². The Morgan fingerprint density at radius 2 is 1.44 bits per heavy atom. The second kappa shape index (κ2) is 11.9. The Morgan fingerprint density at radius 3 is 1.93 bits per heavy atom. The Balaban J connectivity index is 1.32. The minimum absolute atomic E-state index is 0.218. The van der Waals surface area contributed by atoms with E-state index in [2.05, 4.69) is 19.2 Å². The van der Waals surface area contributed by atoms with Crippen molar-refractivity contribution in [3.63, 3.8) is 0 Å². The fourth-order valence-electron chi connectivity index (χ4n) is 5.76. The van der Waals surface area contributed by atoms with Crippen LogP contribution < -0.4 is 14.8 Å². The van der Waals surface area contributed by atoms with Crippen molar-refractivity contribution in [2.24, 2.45) is 5.92 Å². The normalized spacial score (nSPS) is 17.1. The molecule has 3 aromatic rings. The molecule has 3 aromatic carbocycles. The van der Waals surface area contributed by atoms with Crippen LogP contribution in [0.25, 0.3) is 0 Å². The lowest BCUT2D eigenvalue weighted by Gasteiger charge is -2.42. The molecule has 1 saturated heterocycles. The number of hydrogen-bond donors (Lipinski definition) is 2. The number of urea groups is 1. The van der Waals surface area contributed by atoms with Gasteiger partial charge in [-0.15, -0.1) is 0 Å². The monoisotopic (exact) mass is 560 g/mol. The second-order valence-corrected chi connectivity index (χ2v) is 11.2. The predicted molar refractivity (Wildman–Crippen MR) is 155 cm³/mol. The third kappa shape index (κ3) is 6.54. The fourth-order valence-corrected chi connectivity index (χ4v) is 5.76. The first-order chi connectivity index (χ1) is 19.8. The first kappa shape index (κ1) is 28.6. The summed E-state index contributed by atoms with van der Waals surface area (Å²) in [4.78, 5) is 26.4. The van der Waals surface area contributed by atoms with Gasteiger partial charge >= 0.3 is 6.03 Å². The lowest BCUT2D eigenvalue weighted by Crippen LogP contribution is -2.51. The summed E-state index contributed by atoms with van der Waals surface area (Å²) in [6, 6.07) is 17.9. The van der Waals surface area contributed by atoms with Crippen molar-refractivity contribution < 1.29 is 28.6 Å². The van der Waals surface area contributed by atoms with E-state index in [-0.39, 0.29) is 23.2 Å². The average Bonchev–Trinajstić information content (AvgIpc) is 3.77. The number of aliphatic hydroxyl groups is 1. The molecule has 2 amide bonds. The molecule has 216 valence electrons. The average molecular weight is 561 g/mol. The summed E-state index contributed by atoms with van der Waals surface area (Å²) in [7, 11) is 0. The third-order valence-corrected chi connectivity index (χ3v) is 8.52. The van der Waals surface area contributed by atoms with E-state index in [9.17, 15) is 19.1 Å². The quantitative estimate of drug-likeness (QED) is 0.252. The van der Waals surface area contributed by atoms with Crippen LogP contribution in [0.1, 0.15) is 57.9 Å². The van der Waals surface area contributed by atoms with Gasteiger partial charge in [0.1, 0.15) is 35.1 Å². The van der Waals surface area contributed by atoms with Gasteiger partial charge in [-0.3, -0.25) is 0 Å². The number of piperidine rings is 1. The Labute approximate surface area is 240 Å². The Bertz CT molecular complexity index is 1360. The molecule has 0 aromatic heterocycles. The van der Waals surface area contributed by atoms with Gasteiger partial charge in [0.15, 0.2) is 0 Å². The number of halogens is 1. The third-order valence-electron chi connectivity index (χ3n) is 8.52. The van der Waals surface area contributed by atoms with Crippen molar-refractivity contribution in [3.05, 3.63) is 78.1 Å². The topological polar surface area (TPSA) is 88.1 Å². The molecule has 41 heavy (non-hydrogen) atoms. The maximum atomic E-state index is 13.4. The largest absolute Gasteiger partial charge is 0.457 e. The summed E-state index contributed by atoms with van der Waals surface area (Å²) >= 11 is 0. The molecule has 1 aliphatic heterocycles. The van der Waals surface area contributed by atoms with Gasteiger partial charge in [-0.25, -0.2) is 9.18 Å². The molecule has 1 aliphatic carbocycles. The van der Waals surface area contributed by atoms with Gasteiger partial charge in [-0.1, -0.05) is 38.8 Å². The Kier molecular flexibility index (Phi) is 8.31. The van der Waals surface area contributed by atoms with E-state index < -0.39 is 5.60 Å². The van der Waals surface area contributed by atoms with E-state index in [4.69, 9.17) is 9.47 Å².